The van der Waals surface area contributed by atoms with Crippen LogP contribution >= 0.6 is 0 Å². The second kappa shape index (κ2) is 7.19. The van der Waals surface area contributed by atoms with Crippen LogP contribution in [0.2, 0.25) is 0 Å². The summed E-state index contributed by atoms with van der Waals surface area (Å²) in [5.74, 6) is 0.190. The number of piperazine rings is 1. The number of benzene rings is 1. The van der Waals surface area contributed by atoms with Crippen molar-refractivity contribution in [2.45, 2.75) is 37.5 Å². The molecule has 1 amide bonds. The summed E-state index contributed by atoms with van der Waals surface area (Å²) in [6.07, 6.45) is -1.99. The first kappa shape index (κ1) is 19.2. The maximum absolute atomic E-state index is 12.7. The zero-order valence-corrected chi connectivity index (χ0v) is 15.4. The molecular weight excluding hydrogens is 343 g/mol. The number of likely N-dealkylation sites (tertiary alicyclic amines) is 1. The summed E-state index contributed by atoms with van der Waals surface area (Å²) < 4.78 is 38.1. The highest BCUT2D eigenvalue weighted by molar-refractivity contribution is 5.76. The quantitative estimate of drug-likeness (QED) is 0.802. The summed E-state index contributed by atoms with van der Waals surface area (Å²) in [6, 6.07) is 5.44. The second-order valence-electron chi connectivity index (χ2n) is 7.62. The van der Waals surface area contributed by atoms with Crippen molar-refractivity contribution in [2.75, 3.05) is 40.3 Å². The molecule has 2 fully saturated rings. The van der Waals surface area contributed by atoms with Crippen LogP contribution in [0.15, 0.2) is 24.3 Å². The van der Waals surface area contributed by atoms with Gasteiger partial charge >= 0.3 is 6.18 Å². The number of carbonyl (C=O) groups is 1. The maximum Gasteiger partial charge on any atom is 0.416 e. The van der Waals surface area contributed by atoms with Gasteiger partial charge in [-0.3, -0.25) is 14.6 Å². The fourth-order valence-corrected chi connectivity index (χ4v) is 4.03. The van der Waals surface area contributed by atoms with E-state index in [4.69, 9.17) is 0 Å². The van der Waals surface area contributed by atoms with Crippen molar-refractivity contribution in [1.29, 1.82) is 0 Å². The van der Waals surface area contributed by atoms with Crippen molar-refractivity contribution in [1.82, 2.24) is 14.7 Å². The molecule has 4 nitrogen and oxygen atoms in total. The minimum Gasteiger partial charge on any atom is -0.346 e. The predicted molar refractivity (Wildman–Crippen MR) is 93.6 cm³/mol. The van der Waals surface area contributed by atoms with E-state index in [0.29, 0.717) is 13.0 Å². The largest absolute Gasteiger partial charge is 0.416 e. The molecule has 3 rings (SSSR count). The molecule has 1 unspecified atom stereocenters. The molecule has 1 spiro atoms. The van der Waals surface area contributed by atoms with Gasteiger partial charge in [0.25, 0.3) is 0 Å². The molecule has 144 valence electrons. The number of hydrogen-bond acceptors (Lipinski definition) is 3. The Balaban J connectivity index is 1.69. The van der Waals surface area contributed by atoms with Gasteiger partial charge in [-0.05, 0) is 37.6 Å². The predicted octanol–water partition coefficient (Wildman–Crippen LogP) is 2.83. The third-order valence-corrected chi connectivity index (χ3v) is 5.91. The molecule has 0 radical (unpaired) electrons. The molecule has 0 aromatic heterocycles. The summed E-state index contributed by atoms with van der Waals surface area (Å²) in [4.78, 5) is 18.5. The van der Waals surface area contributed by atoms with E-state index in [2.05, 4.69) is 16.8 Å². The van der Waals surface area contributed by atoms with Gasteiger partial charge in [0.05, 0.1) is 5.56 Å². The van der Waals surface area contributed by atoms with Crippen LogP contribution in [0.5, 0.6) is 0 Å². The second-order valence-corrected chi connectivity index (χ2v) is 7.62. The molecule has 2 aliphatic rings. The van der Waals surface area contributed by atoms with Crippen molar-refractivity contribution >= 4 is 5.91 Å². The molecule has 0 saturated carbocycles. The van der Waals surface area contributed by atoms with Crippen LogP contribution in [0, 0.1) is 0 Å². The van der Waals surface area contributed by atoms with Crippen molar-refractivity contribution < 1.29 is 18.0 Å². The fraction of sp³-hybridized carbons (Fsp3) is 0.632. The zero-order valence-electron chi connectivity index (χ0n) is 15.4. The third-order valence-electron chi connectivity index (χ3n) is 5.91. The standard InChI is InChI=1S/C19H26F3N3O/c1-23-10-9-18(8-7-17(23)26)14-25(12-11-24(18)2)13-15-3-5-16(6-4-15)19(20,21)22/h3-6H,7-14H2,1-2H3. The lowest BCUT2D eigenvalue weighted by Gasteiger charge is -2.49. The molecule has 2 heterocycles. The van der Waals surface area contributed by atoms with E-state index in [1.54, 1.807) is 17.0 Å². The first-order valence-electron chi connectivity index (χ1n) is 9.03. The molecule has 26 heavy (non-hydrogen) atoms. The summed E-state index contributed by atoms with van der Waals surface area (Å²) >= 11 is 0. The molecule has 1 atom stereocenters. The Morgan fingerprint density at radius 3 is 2.38 bits per heavy atom. The van der Waals surface area contributed by atoms with Crippen LogP contribution in [0.4, 0.5) is 13.2 Å². The number of likely N-dealkylation sites (N-methyl/N-ethyl adjacent to an activating group) is 1. The highest BCUT2D eigenvalue weighted by atomic mass is 19.4. The highest BCUT2D eigenvalue weighted by Gasteiger charge is 2.41. The minimum absolute atomic E-state index is 0.0371. The Bertz CT molecular complexity index is 646. The number of alkyl halides is 3. The number of nitrogens with zero attached hydrogens (tertiary/aromatic N) is 3. The Morgan fingerprint density at radius 2 is 1.73 bits per heavy atom. The first-order chi connectivity index (χ1) is 12.2. The van der Waals surface area contributed by atoms with Gasteiger partial charge in [-0.25, -0.2) is 0 Å². The zero-order chi connectivity index (χ0) is 18.9. The van der Waals surface area contributed by atoms with Gasteiger partial charge in [0.1, 0.15) is 0 Å². The Morgan fingerprint density at radius 1 is 1.04 bits per heavy atom. The molecule has 1 aromatic carbocycles. The van der Waals surface area contributed by atoms with Crippen molar-refractivity contribution in [3.63, 3.8) is 0 Å². The van der Waals surface area contributed by atoms with Gasteiger partial charge < -0.3 is 4.90 Å². The number of rotatable bonds is 2. The van der Waals surface area contributed by atoms with E-state index in [1.165, 1.54) is 0 Å². The minimum atomic E-state index is -4.30. The van der Waals surface area contributed by atoms with Gasteiger partial charge in [0.2, 0.25) is 5.91 Å². The van der Waals surface area contributed by atoms with E-state index in [1.807, 2.05) is 7.05 Å². The van der Waals surface area contributed by atoms with E-state index in [9.17, 15) is 18.0 Å². The fourth-order valence-electron chi connectivity index (χ4n) is 4.03. The average molecular weight is 369 g/mol. The molecular formula is C19H26F3N3O. The van der Waals surface area contributed by atoms with Crippen LogP contribution in [-0.4, -0.2) is 66.4 Å². The average Bonchev–Trinajstić information content (AvgIpc) is 2.73. The summed E-state index contributed by atoms with van der Waals surface area (Å²) in [6.45, 7) is 4.00. The van der Waals surface area contributed by atoms with E-state index in [-0.39, 0.29) is 11.4 Å². The van der Waals surface area contributed by atoms with Crippen LogP contribution in [0.3, 0.4) is 0 Å². The maximum atomic E-state index is 12.7. The number of hydrogen-bond donors (Lipinski definition) is 0. The van der Waals surface area contributed by atoms with Gasteiger partial charge in [-0.2, -0.15) is 13.2 Å². The van der Waals surface area contributed by atoms with Gasteiger partial charge in [0, 0.05) is 51.7 Å². The molecule has 2 aliphatic heterocycles. The third kappa shape index (κ3) is 4.04. The summed E-state index contributed by atoms with van der Waals surface area (Å²) in [5, 5.41) is 0. The van der Waals surface area contributed by atoms with Crippen molar-refractivity contribution in [3.05, 3.63) is 35.4 Å². The van der Waals surface area contributed by atoms with E-state index in [0.717, 1.165) is 56.7 Å². The molecule has 2 saturated heterocycles. The summed E-state index contributed by atoms with van der Waals surface area (Å²) in [5.41, 5.74) is 0.242. The molecule has 1 aromatic rings. The highest BCUT2D eigenvalue weighted by Crippen LogP contribution is 2.33. The van der Waals surface area contributed by atoms with Crippen LogP contribution in [0.25, 0.3) is 0 Å². The van der Waals surface area contributed by atoms with E-state index < -0.39 is 11.7 Å². The lowest BCUT2D eigenvalue weighted by atomic mass is 9.86. The smallest absolute Gasteiger partial charge is 0.346 e. The monoisotopic (exact) mass is 369 g/mol. The Kier molecular flexibility index (Phi) is 5.30. The first-order valence-corrected chi connectivity index (χ1v) is 9.03. The molecule has 7 heteroatoms. The number of halogens is 3. The topological polar surface area (TPSA) is 26.8 Å². The van der Waals surface area contributed by atoms with Crippen molar-refractivity contribution in [3.8, 4) is 0 Å². The van der Waals surface area contributed by atoms with Gasteiger partial charge in [-0.1, -0.05) is 12.1 Å². The number of carbonyl (C=O) groups excluding carboxylic acids is 1. The van der Waals surface area contributed by atoms with Crippen LogP contribution < -0.4 is 0 Å². The molecule has 0 N–H and O–H groups in total. The summed E-state index contributed by atoms with van der Waals surface area (Å²) in [7, 11) is 3.97. The normalized spacial score (nSPS) is 26.3. The molecule has 0 bridgehead atoms. The SMILES string of the molecule is CN1CCC2(CCC1=O)CN(Cc1ccc(C(F)(F)F)cc1)CCN2C. The van der Waals surface area contributed by atoms with Crippen LogP contribution in [0.1, 0.15) is 30.4 Å². The lowest BCUT2D eigenvalue weighted by molar-refractivity contribution is -0.137. The molecule has 0 aliphatic carbocycles. The van der Waals surface area contributed by atoms with Crippen molar-refractivity contribution in [2.24, 2.45) is 0 Å². The van der Waals surface area contributed by atoms with E-state index >= 15 is 0 Å². The Hall–Kier alpha value is -1.60. The van der Waals surface area contributed by atoms with Gasteiger partial charge in [0.15, 0.2) is 0 Å². The van der Waals surface area contributed by atoms with Crippen LogP contribution in [-0.2, 0) is 17.5 Å². The lowest BCUT2D eigenvalue weighted by Crippen LogP contribution is -2.60. The number of amides is 1. The Labute approximate surface area is 152 Å². The van der Waals surface area contributed by atoms with Gasteiger partial charge in [-0.15, -0.1) is 0 Å².